The van der Waals surface area contributed by atoms with Crippen molar-refractivity contribution < 1.29 is 19.6 Å². The number of carbonyl (C=O) groups excluding carboxylic acids is 1. The van der Waals surface area contributed by atoms with E-state index in [1.165, 1.54) is 18.2 Å². The molecule has 2 aromatic carbocycles. The third-order valence-corrected chi connectivity index (χ3v) is 5.75. The minimum Gasteiger partial charge on any atom is -0.478 e. The number of aromatic carboxylic acids is 1. The first kappa shape index (κ1) is 22.2. The van der Waals surface area contributed by atoms with Crippen molar-refractivity contribution in [3.05, 3.63) is 69.3 Å². The third-order valence-electron chi connectivity index (χ3n) is 5.75. The van der Waals surface area contributed by atoms with E-state index in [1.807, 2.05) is 11.9 Å². The normalized spacial score (nSPS) is 18.1. The highest BCUT2D eigenvalue weighted by molar-refractivity contribution is 6.32. The number of hydrogen-bond donors (Lipinski definition) is 1. The van der Waals surface area contributed by atoms with Gasteiger partial charge in [0.15, 0.2) is 0 Å². The molecule has 0 bridgehead atoms. The van der Waals surface area contributed by atoms with Crippen molar-refractivity contribution in [2.45, 2.75) is 6.92 Å². The van der Waals surface area contributed by atoms with Gasteiger partial charge < -0.3 is 14.9 Å². The number of hydrogen-bond acceptors (Lipinski definition) is 7. The summed E-state index contributed by atoms with van der Waals surface area (Å²) in [5.74, 6) is -1.53. The Kier molecular flexibility index (Phi) is 5.93. The number of benzene rings is 2. The minimum atomic E-state index is -1.10. The highest BCUT2D eigenvalue weighted by Crippen LogP contribution is 2.32. The van der Waals surface area contributed by atoms with Crippen LogP contribution in [0, 0.1) is 10.1 Å². The van der Waals surface area contributed by atoms with E-state index in [2.05, 4.69) is 10.0 Å². The lowest BCUT2D eigenvalue weighted by Crippen LogP contribution is -2.44. The molecule has 1 N–H and O–H groups in total. The van der Waals surface area contributed by atoms with Gasteiger partial charge in [-0.1, -0.05) is 12.1 Å². The van der Waals surface area contributed by atoms with Crippen molar-refractivity contribution in [2.75, 3.05) is 43.1 Å². The first-order valence-corrected chi connectivity index (χ1v) is 10.4. The number of amides is 1. The van der Waals surface area contributed by atoms with E-state index in [9.17, 15) is 24.8 Å². The number of likely N-dealkylation sites (N-methyl/N-ethyl adjacent to an activating group) is 1. The average Bonchev–Trinajstić information content (AvgIpc) is 3.08. The number of carbonyl (C=O) groups is 2. The summed E-state index contributed by atoms with van der Waals surface area (Å²) in [7, 11) is 2.02. The smallest absolute Gasteiger partial charge is 0.335 e. The van der Waals surface area contributed by atoms with Gasteiger partial charge in [-0.2, -0.15) is 10.1 Å². The Balaban J connectivity index is 1.64. The van der Waals surface area contributed by atoms with Crippen LogP contribution in [0.1, 0.15) is 22.8 Å². The molecule has 1 saturated heterocycles. The minimum absolute atomic E-state index is 0.0139. The molecule has 33 heavy (non-hydrogen) atoms. The molecule has 2 aromatic rings. The van der Waals surface area contributed by atoms with Crippen LogP contribution in [0.25, 0.3) is 6.08 Å². The number of anilines is 2. The zero-order valence-electron chi connectivity index (χ0n) is 18.3. The zero-order chi connectivity index (χ0) is 23.7. The zero-order valence-corrected chi connectivity index (χ0v) is 18.3. The van der Waals surface area contributed by atoms with Gasteiger partial charge >= 0.3 is 5.97 Å². The van der Waals surface area contributed by atoms with E-state index in [-0.39, 0.29) is 16.8 Å². The average molecular weight is 449 g/mol. The molecule has 10 nitrogen and oxygen atoms in total. The molecule has 0 radical (unpaired) electrons. The van der Waals surface area contributed by atoms with Crippen LogP contribution in [0.3, 0.4) is 0 Å². The van der Waals surface area contributed by atoms with E-state index >= 15 is 0 Å². The van der Waals surface area contributed by atoms with Gasteiger partial charge in [0.2, 0.25) is 0 Å². The molecule has 0 atom stereocenters. The van der Waals surface area contributed by atoms with Crippen LogP contribution >= 0.6 is 0 Å². The van der Waals surface area contributed by atoms with Gasteiger partial charge in [-0.05, 0) is 49.9 Å². The van der Waals surface area contributed by atoms with Crippen molar-refractivity contribution in [3.63, 3.8) is 0 Å². The lowest BCUT2D eigenvalue weighted by molar-refractivity contribution is -0.384. The fourth-order valence-electron chi connectivity index (χ4n) is 3.89. The van der Waals surface area contributed by atoms with Crippen LogP contribution in [0.4, 0.5) is 17.1 Å². The van der Waals surface area contributed by atoms with E-state index < -0.39 is 16.8 Å². The molecule has 1 fully saturated rings. The molecule has 0 unspecified atom stereocenters. The highest BCUT2D eigenvalue weighted by Gasteiger charge is 2.30. The van der Waals surface area contributed by atoms with Crippen LogP contribution in [0.5, 0.6) is 0 Å². The van der Waals surface area contributed by atoms with Gasteiger partial charge in [0.1, 0.15) is 5.69 Å². The summed E-state index contributed by atoms with van der Waals surface area (Å²) in [5, 5.41) is 26.4. The number of nitro benzene ring substituents is 1. The summed E-state index contributed by atoms with van der Waals surface area (Å²) in [4.78, 5) is 39.8. The van der Waals surface area contributed by atoms with Crippen molar-refractivity contribution in [2.24, 2.45) is 5.10 Å². The Bertz CT molecular complexity index is 1200. The van der Waals surface area contributed by atoms with Crippen molar-refractivity contribution in [3.8, 4) is 0 Å². The third kappa shape index (κ3) is 4.46. The summed E-state index contributed by atoms with van der Waals surface area (Å²) in [6.07, 6.45) is 1.57. The molecule has 0 aromatic heterocycles. The van der Waals surface area contributed by atoms with Crippen molar-refractivity contribution in [1.29, 1.82) is 0 Å². The predicted molar refractivity (Wildman–Crippen MR) is 125 cm³/mol. The molecule has 0 saturated carbocycles. The Morgan fingerprint density at radius 1 is 1.15 bits per heavy atom. The lowest BCUT2D eigenvalue weighted by Gasteiger charge is -2.33. The van der Waals surface area contributed by atoms with E-state index in [4.69, 9.17) is 0 Å². The van der Waals surface area contributed by atoms with Crippen LogP contribution in [0.2, 0.25) is 0 Å². The van der Waals surface area contributed by atoms with Gasteiger partial charge in [0.25, 0.3) is 11.6 Å². The van der Waals surface area contributed by atoms with Crippen LogP contribution in [-0.2, 0) is 4.79 Å². The molecular formula is C23H23N5O5. The predicted octanol–water partition coefficient (Wildman–Crippen LogP) is 2.85. The second-order valence-electron chi connectivity index (χ2n) is 8.01. The second kappa shape index (κ2) is 8.83. The summed E-state index contributed by atoms with van der Waals surface area (Å²) >= 11 is 0. The lowest BCUT2D eigenvalue weighted by atomic mass is 10.1. The number of carboxylic acid groups (broad SMARTS) is 1. The van der Waals surface area contributed by atoms with Gasteiger partial charge in [-0.3, -0.25) is 14.9 Å². The molecular weight excluding hydrogens is 426 g/mol. The Morgan fingerprint density at radius 2 is 1.88 bits per heavy atom. The number of rotatable bonds is 5. The van der Waals surface area contributed by atoms with Gasteiger partial charge in [-0.25, -0.2) is 4.79 Å². The quantitative estimate of drug-likeness (QED) is 0.423. The van der Waals surface area contributed by atoms with Crippen molar-refractivity contribution >= 4 is 40.7 Å². The summed E-state index contributed by atoms with van der Waals surface area (Å²) in [6, 6.07) is 10.9. The maximum atomic E-state index is 13.0. The number of piperazine rings is 1. The first-order chi connectivity index (χ1) is 15.7. The molecule has 2 heterocycles. The largest absolute Gasteiger partial charge is 0.478 e. The Morgan fingerprint density at radius 3 is 2.55 bits per heavy atom. The highest BCUT2D eigenvalue weighted by atomic mass is 16.6. The number of carboxylic acids is 1. The van der Waals surface area contributed by atoms with Crippen LogP contribution in [-0.4, -0.2) is 65.7 Å². The molecule has 0 aliphatic carbocycles. The van der Waals surface area contributed by atoms with Gasteiger partial charge in [0.05, 0.1) is 27.5 Å². The standard InChI is InChI=1S/C23H23N5O5/c1-15-19(22(29)27(24-15)18-5-3-4-17(14-18)23(30)31)12-16-6-7-20(21(13-16)28(32)33)26-10-8-25(2)9-11-26/h3-7,12-14H,8-11H2,1-2H3,(H,30,31)/b19-12+. The van der Waals surface area contributed by atoms with E-state index in [1.54, 1.807) is 37.3 Å². The molecule has 1 amide bonds. The SMILES string of the molecule is CC1=NN(c2cccc(C(=O)O)c2)C(=O)/C1=C/c1ccc(N2CCN(C)CC2)c([N+](=O)[O-])c1. The van der Waals surface area contributed by atoms with E-state index in [0.29, 0.717) is 35.7 Å². The monoisotopic (exact) mass is 449 g/mol. The summed E-state index contributed by atoms with van der Waals surface area (Å²) < 4.78 is 0. The number of nitrogens with zero attached hydrogens (tertiary/aromatic N) is 5. The van der Waals surface area contributed by atoms with Gasteiger partial charge in [-0.15, -0.1) is 0 Å². The van der Waals surface area contributed by atoms with Crippen molar-refractivity contribution in [1.82, 2.24) is 4.90 Å². The fourth-order valence-corrected chi connectivity index (χ4v) is 3.89. The maximum Gasteiger partial charge on any atom is 0.335 e. The van der Waals surface area contributed by atoms with Crippen LogP contribution in [0.15, 0.2) is 53.1 Å². The van der Waals surface area contributed by atoms with Gasteiger partial charge in [0, 0.05) is 32.2 Å². The molecule has 0 spiro atoms. The molecule has 2 aliphatic heterocycles. The maximum absolute atomic E-state index is 13.0. The Labute approximate surface area is 190 Å². The molecule has 4 rings (SSSR count). The van der Waals surface area contributed by atoms with E-state index in [0.717, 1.165) is 18.1 Å². The number of hydrazone groups is 1. The second-order valence-corrected chi connectivity index (χ2v) is 8.01. The molecule has 2 aliphatic rings. The topological polar surface area (TPSA) is 120 Å². The first-order valence-electron chi connectivity index (χ1n) is 10.4. The Hall–Kier alpha value is -4.05. The summed E-state index contributed by atoms with van der Waals surface area (Å²) in [5.41, 5.74) is 2.16. The molecule has 170 valence electrons. The fraction of sp³-hybridized carbons (Fsp3) is 0.261. The van der Waals surface area contributed by atoms with Crippen LogP contribution < -0.4 is 9.91 Å². The number of nitro groups is 1. The summed E-state index contributed by atoms with van der Waals surface area (Å²) in [6.45, 7) is 4.72. The molecule has 10 heteroatoms.